The normalized spacial score (nSPS) is 16.5. The second kappa shape index (κ2) is 6.21. The molecular formula is C16H17N3O4S. The first-order valence-corrected chi connectivity index (χ1v) is 8.73. The van der Waals surface area contributed by atoms with E-state index in [1.54, 1.807) is 17.2 Å². The molecule has 0 fully saturated rings. The van der Waals surface area contributed by atoms with Gasteiger partial charge in [0.2, 0.25) is 10.0 Å². The average Bonchev–Trinajstić information content (AvgIpc) is 2.58. The van der Waals surface area contributed by atoms with Gasteiger partial charge < -0.3 is 9.64 Å². The highest BCUT2D eigenvalue weighted by Crippen LogP contribution is 2.35. The summed E-state index contributed by atoms with van der Waals surface area (Å²) in [6.45, 7) is 1.61. The van der Waals surface area contributed by atoms with Gasteiger partial charge in [0, 0.05) is 11.9 Å². The molecule has 2 heterocycles. The predicted molar refractivity (Wildman–Crippen MR) is 88.3 cm³/mol. The van der Waals surface area contributed by atoms with E-state index in [0.717, 1.165) is 15.6 Å². The van der Waals surface area contributed by atoms with Crippen LogP contribution in [0.4, 0.5) is 11.5 Å². The van der Waals surface area contributed by atoms with Crippen LogP contribution in [0.3, 0.4) is 0 Å². The van der Waals surface area contributed by atoms with Crippen LogP contribution in [0.15, 0.2) is 47.5 Å². The van der Waals surface area contributed by atoms with Crippen molar-refractivity contribution in [3.8, 4) is 0 Å². The molecule has 1 aromatic heterocycles. The molecule has 1 aliphatic heterocycles. The van der Waals surface area contributed by atoms with Crippen LogP contribution < -0.4 is 4.90 Å². The largest absolute Gasteiger partial charge is 0.468 e. The fourth-order valence-electron chi connectivity index (χ4n) is 2.50. The van der Waals surface area contributed by atoms with E-state index >= 15 is 0 Å². The molecule has 8 heteroatoms. The first kappa shape index (κ1) is 16.4. The molecule has 0 atom stereocenters. The number of carbonyl (C=O) groups excluding carboxylic acids is 1. The highest BCUT2D eigenvalue weighted by molar-refractivity contribution is 7.89. The number of hydrogen-bond donors (Lipinski definition) is 0. The lowest BCUT2D eigenvalue weighted by Crippen LogP contribution is -2.47. The Labute approximate surface area is 140 Å². The van der Waals surface area contributed by atoms with Gasteiger partial charge in [0.15, 0.2) is 5.82 Å². The van der Waals surface area contributed by atoms with Crippen molar-refractivity contribution in [2.45, 2.75) is 11.8 Å². The van der Waals surface area contributed by atoms with Crippen molar-refractivity contribution in [3.63, 3.8) is 0 Å². The van der Waals surface area contributed by atoms with E-state index in [2.05, 4.69) is 9.72 Å². The Bertz CT molecular complexity index is 865. The number of anilines is 2. The van der Waals surface area contributed by atoms with Gasteiger partial charge >= 0.3 is 5.97 Å². The van der Waals surface area contributed by atoms with Crippen molar-refractivity contribution >= 4 is 27.5 Å². The Kier molecular flexibility index (Phi) is 4.25. The monoisotopic (exact) mass is 347 g/mol. The fraction of sp³-hybridized carbons (Fsp3) is 0.250. The third-order valence-electron chi connectivity index (χ3n) is 3.80. The molecule has 0 aliphatic carbocycles. The van der Waals surface area contributed by atoms with E-state index in [9.17, 15) is 13.2 Å². The summed E-state index contributed by atoms with van der Waals surface area (Å²) in [5.74, 6) is -0.266. The molecule has 1 aromatic carbocycles. The van der Waals surface area contributed by atoms with Crippen LogP contribution in [0.2, 0.25) is 0 Å². The van der Waals surface area contributed by atoms with Crippen LogP contribution >= 0.6 is 0 Å². The molecule has 0 saturated heterocycles. The summed E-state index contributed by atoms with van der Waals surface area (Å²) in [5, 5.41) is 0. The molecule has 1 aliphatic rings. The lowest BCUT2D eigenvalue weighted by Gasteiger charge is -2.36. The molecule has 24 heavy (non-hydrogen) atoms. The molecule has 0 saturated carbocycles. The smallest absolute Gasteiger partial charge is 0.321 e. The topological polar surface area (TPSA) is 79.8 Å². The number of aromatic nitrogens is 1. The van der Waals surface area contributed by atoms with Gasteiger partial charge in [-0.25, -0.2) is 13.4 Å². The molecule has 7 nitrogen and oxygen atoms in total. The minimum atomic E-state index is -3.81. The average molecular weight is 347 g/mol. The van der Waals surface area contributed by atoms with E-state index in [0.29, 0.717) is 5.82 Å². The van der Waals surface area contributed by atoms with Gasteiger partial charge in [-0.1, -0.05) is 17.7 Å². The maximum atomic E-state index is 12.7. The number of aryl methyl sites for hydroxylation is 1. The van der Waals surface area contributed by atoms with Crippen LogP contribution in [0.5, 0.6) is 0 Å². The summed E-state index contributed by atoms with van der Waals surface area (Å²) in [4.78, 5) is 17.7. The van der Waals surface area contributed by atoms with E-state index < -0.39 is 16.0 Å². The Morgan fingerprint density at radius 3 is 2.62 bits per heavy atom. The number of rotatable bonds is 3. The zero-order valence-corrected chi connectivity index (χ0v) is 14.2. The number of sulfonamides is 1. The van der Waals surface area contributed by atoms with Gasteiger partial charge in [0.05, 0.1) is 13.8 Å². The first-order chi connectivity index (χ1) is 11.4. The van der Waals surface area contributed by atoms with Gasteiger partial charge in [-0.15, -0.1) is 0 Å². The maximum Gasteiger partial charge on any atom is 0.321 e. The summed E-state index contributed by atoms with van der Waals surface area (Å²) in [7, 11) is -2.58. The molecule has 2 aromatic rings. The summed E-state index contributed by atoms with van der Waals surface area (Å²) in [6, 6.07) is 10.7. The molecule has 0 radical (unpaired) electrons. The van der Waals surface area contributed by atoms with Gasteiger partial charge in [0.25, 0.3) is 0 Å². The van der Waals surface area contributed by atoms with Gasteiger partial charge in [-0.3, -0.25) is 4.79 Å². The van der Waals surface area contributed by atoms with Crippen molar-refractivity contribution in [2.75, 3.05) is 25.2 Å². The number of nitrogens with zero attached hydrogens (tertiary/aromatic N) is 3. The lowest BCUT2D eigenvalue weighted by molar-refractivity contribution is -0.140. The number of methoxy groups -OCH3 is 1. The SMILES string of the molecule is COC(=O)CN1CN(c2ccc(C)cc2)c2ncccc2S1(=O)=O. The third-order valence-corrected chi connectivity index (χ3v) is 5.60. The molecule has 0 N–H and O–H groups in total. The van der Waals surface area contributed by atoms with Crippen molar-refractivity contribution in [1.29, 1.82) is 0 Å². The quantitative estimate of drug-likeness (QED) is 0.786. The number of benzene rings is 1. The van der Waals surface area contributed by atoms with E-state index in [1.165, 1.54) is 13.2 Å². The van der Waals surface area contributed by atoms with Crippen LogP contribution in [-0.2, 0) is 19.6 Å². The highest BCUT2D eigenvalue weighted by atomic mass is 32.2. The number of ether oxygens (including phenoxy) is 1. The number of fused-ring (bicyclic) bond motifs is 1. The van der Waals surface area contributed by atoms with Crippen molar-refractivity contribution in [3.05, 3.63) is 48.2 Å². The summed E-state index contributed by atoms with van der Waals surface area (Å²) < 4.78 is 31.2. The Balaban J connectivity index is 2.09. The minimum Gasteiger partial charge on any atom is -0.468 e. The number of hydrogen-bond acceptors (Lipinski definition) is 6. The number of carbonyl (C=O) groups is 1. The summed E-state index contributed by atoms with van der Waals surface area (Å²) in [5.41, 5.74) is 1.89. The zero-order chi connectivity index (χ0) is 17.3. The number of pyridine rings is 1. The van der Waals surface area contributed by atoms with Crippen LogP contribution in [0, 0.1) is 6.92 Å². The summed E-state index contributed by atoms with van der Waals surface area (Å²) >= 11 is 0. The van der Waals surface area contributed by atoms with Crippen molar-refractivity contribution in [1.82, 2.24) is 9.29 Å². The van der Waals surface area contributed by atoms with Crippen LogP contribution in [0.25, 0.3) is 0 Å². The molecule has 126 valence electrons. The lowest BCUT2D eigenvalue weighted by atomic mass is 10.2. The molecule has 3 rings (SSSR count). The molecule has 0 amide bonds. The van der Waals surface area contributed by atoms with E-state index in [1.807, 2.05) is 31.2 Å². The molecular weight excluding hydrogens is 330 g/mol. The zero-order valence-electron chi connectivity index (χ0n) is 13.3. The van der Waals surface area contributed by atoms with Crippen molar-refractivity contribution in [2.24, 2.45) is 0 Å². The molecule has 0 spiro atoms. The van der Waals surface area contributed by atoms with E-state index in [4.69, 9.17) is 0 Å². The highest BCUT2D eigenvalue weighted by Gasteiger charge is 2.38. The minimum absolute atomic E-state index is 0.00942. The van der Waals surface area contributed by atoms with Crippen molar-refractivity contribution < 1.29 is 17.9 Å². The van der Waals surface area contributed by atoms with Crippen LogP contribution in [-0.4, -0.2) is 44.0 Å². The second-order valence-electron chi connectivity index (χ2n) is 5.42. The Hall–Kier alpha value is -2.45. The number of esters is 1. The standard InChI is InChI=1S/C16H17N3O4S/c1-12-5-7-13(8-6-12)19-11-18(10-15(20)23-2)24(21,22)14-4-3-9-17-16(14)19/h3-9H,10-11H2,1-2H3. The third kappa shape index (κ3) is 2.85. The maximum absolute atomic E-state index is 12.7. The fourth-order valence-corrected chi connectivity index (χ4v) is 3.96. The second-order valence-corrected chi connectivity index (χ2v) is 7.33. The first-order valence-electron chi connectivity index (χ1n) is 7.29. The Morgan fingerprint density at radius 2 is 1.96 bits per heavy atom. The molecule has 0 unspecified atom stereocenters. The summed E-state index contributed by atoms with van der Waals surface area (Å²) in [6.07, 6.45) is 1.55. The van der Waals surface area contributed by atoms with Crippen LogP contribution in [0.1, 0.15) is 5.56 Å². The van der Waals surface area contributed by atoms with Gasteiger partial charge in [0.1, 0.15) is 11.4 Å². The van der Waals surface area contributed by atoms with Gasteiger partial charge in [-0.2, -0.15) is 4.31 Å². The van der Waals surface area contributed by atoms with Gasteiger partial charge in [-0.05, 0) is 31.2 Å². The molecule has 0 bridgehead atoms. The predicted octanol–water partition coefficient (Wildman–Crippen LogP) is 1.66. The van der Waals surface area contributed by atoms with E-state index in [-0.39, 0.29) is 18.1 Å². The Morgan fingerprint density at radius 1 is 1.25 bits per heavy atom.